The van der Waals surface area contributed by atoms with Gasteiger partial charge in [0.2, 0.25) is 0 Å². The van der Waals surface area contributed by atoms with Crippen LogP contribution < -0.4 is 10.9 Å². The van der Waals surface area contributed by atoms with Crippen LogP contribution in [0.25, 0.3) is 6.08 Å². The van der Waals surface area contributed by atoms with Gasteiger partial charge in [-0.1, -0.05) is 65.5 Å². The summed E-state index contributed by atoms with van der Waals surface area (Å²) in [7, 11) is 1.86. The lowest BCUT2D eigenvalue weighted by Crippen LogP contribution is -2.29. The lowest BCUT2D eigenvalue weighted by molar-refractivity contribution is -0.137. The standard InChI is InChI=1S/C16H13BF3/c1-3-12-4-7-14(8-5-12)17-15-9-6-13(10-11(15)2)16(18,19)20/h3-10H,1H2,2H3. The van der Waals surface area contributed by atoms with Gasteiger partial charge >= 0.3 is 6.18 Å². The Morgan fingerprint density at radius 1 is 1.05 bits per heavy atom. The van der Waals surface area contributed by atoms with Crippen molar-refractivity contribution in [2.75, 3.05) is 0 Å². The average molecular weight is 273 g/mol. The SMILES string of the molecule is C=Cc1ccc([B]c2ccc(C(F)(F)F)cc2C)cc1. The number of benzene rings is 2. The number of alkyl halides is 3. The molecule has 20 heavy (non-hydrogen) atoms. The number of hydrogen-bond acceptors (Lipinski definition) is 0. The van der Waals surface area contributed by atoms with Crippen molar-refractivity contribution in [1.29, 1.82) is 0 Å². The van der Waals surface area contributed by atoms with Gasteiger partial charge in [-0.15, -0.1) is 0 Å². The normalized spacial score (nSPS) is 11.2. The van der Waals surface area contributed by atoms with E-state index in [0.29, 0.717) is 5.56 Å². The van der Waals surface area contributed by atoms with Crippen molar-refractivity contribution in [2.24, 2.45) is 0 Å². The summed E-state index contributed by atoms with van der Waals surface area (Å²) in [6.45, 7) is 5.35. The molecular weight excluding hydrogens is 260 g/mol. The van der Waals surface area contributed by atoms with Crippen LogP contribution in [0.1, 0.15) is 16.7 Å². The van der Waals surface area contributed by atoms with Crippen LogP contribution in [0.3, 0.4) is 0 Å². The highest BCUT2D eigenvalue weighted by molar-refractivity contribution is 6.67. The van der Waals surface area contributed by atoms with Crippen molar-refractivity contribution in [3.8, 4) is 0 Å². The topological polar surface area (TPSA) is 0 Å². The molecule has 1 radical (unpaired) electrons. The molecule has 0 heterocycles. The maximum absolute atomic E-state index is 12.6. The maximum atomic E-state index is 12.6. The molecular formula is C16H13BF3. The average Bonchev–Trinajstić information content (AvgIpc) is 2.41. The monoisotopic (exact) mass is 273 g/mol. The van der Waals surface area contributed by atoms with Crippen molar-refractivity contribution < 1.29 is 13.2 Å². The highest BCUT2D eigenvalue weighted by Crippen LogP contribution is 2.28. The third kappa shape index (κ3) is 3.32. The number of rotatable bonds is 3. The maximum Gasteiger partial charge on any atom is 0.416 e. The van der Waals surface area contributed by atoms with E-state index < -0.39 is 11.7 Å². The van der Waals surface area contributed by atoms with E-state index in [1.165, 1.54) is 12.1 Å². The largest absolute Gasteiger partial charge is 0.416 e. The molecule has 0 aliphatic carbocycles. The van der Waals surface area contributed by atoms with Gasteiger partial charge in [-0.2, -0.15) is 13.2 Å². The predicted molar refractivity (Wildman–Crippen MR) is 77.7 cm³/mol. The van der Waals surface area contributed by atoms with E-state index in [0.717, 1.165) is 22.6 Å². The van der Waals surface area contributed by atoms with E-state index in [9.17, 15) is 13.2 Å². The summed E-state index contributed by atoms with van der Waals surface area (Å²) in [6, 6.07) is 11.4. The Labute approximate surface area is 117 Å². The molecule has 0 aromatic heterocycles. The molecule has 0 aliphatic heterocycles. The van der Waals surface area contributed by atoms with Crippen molar-refractivity contribution in [3.63, 3.8) is 0 Å². The van der Waals surface area contributed by atoms with Gasteiger partial charge in [0.05, 0.1) is 5.56 Å². The summed E-state index contributed by atoms with van der Waals surface area (Å²) in [5.74, 6) is 0. The van der Waals surface area contributed by atoms with Gasteiger partial charge < -0.3 is 0 Å². The minimum absolute atomic E-state index is 0.604. The van der Waals surface area contributed by atoms with Crippen LogP contribution in [0.4, 0.5) is 13.2 Å². The third-order valence-corrected chi connectivity index (χ3v) is 3.09. The Hall–Kier alpha value is -1.97. The summed E-state index contributed by atoms with van der Waals surface area (Å²) in [5, 5.41) is 0. The molecule has 4 heteroatoms. The summed E-state index contributed by atoms with van der Waals surface area (Å²) < 4.78 is 37.8. The molecule has 0 unspecified atom stereocenters. The lowest BCUT2D eigenvalue weighted by Gasteiger charge is -2.11. The summed E-state index contributed by atoms with van der Waals surface area (Å²) in [6.07, 6.45) is -2.55. The van der Waals surface area contributed by atoms with Gasteiger partial charge in [0, 0.05) is 0 Å². The minimum atomic E-state index is -4.30. The fourth-order valence-electron chi connectivity index (χ4n) is 1.92. The molecule has 0 bridgehead atoms. The summed E-state index contributed by atoms with van der Waals surface area (Å²) in [4.78, 5) is 0. The molecule has 101 valence electrons. The van der Waals surface area contributed by atoms with Crippen molar-refractivity contribution in [3.05, 3.63) is 65.7 Å². The van der Waals surface area contributed by atoms with E-state index in [2.05, 4.69) is 6.58 Å². The zero-order valence-electron chi connectivity index (χ0n) is 11.0. The lowest BCUT2D eigenvalue weighted by atomic mass is 9.62. The van der Waals surface area contributed by atoms with Crippen LogP contribution >= 0.6 is 0 Å². The Bertz CT molecular complexity index is 613. The number of halogens is 3. The fourth-order valence-corrected chi connectivity index (χ4v) is 1.92. The van der Waals surface area contributed by atoms with Crippen molar-refractivity contribution in [2.45, 2.75) is 13.1 Å². The Kier molecular flexibility index (Phi) is 4.02. The minimum Gasteiger partial charge on any atom is -0.166 e. The molecule has 2 rings (SSSR count). The molecule has 0 N–H and O–H groups in total. The molecule has 0 nitrogen and oxygen atoms in total. The Balaban J connectivity index is 2.23. The first kappa shape index (κ1) is 14.4. The highest BCUT2D eigenvalue weighted by Gasteiger charge is 2.30. The number of hydrogen-bond donors (Lipinski definition) is 0. The van der Waals surface area contributed by atoms with E-state index >= 15 is 0 Å². The highest BCUT2D eigenvalue weighted by atomic mass is 19.4. The van der Waals surface area contributed by atoms with Crippen molar-refractivity contribution >= 4 is 24.3 Å². The van der Waals surface area contributed by atoms with Crippen molar-refractivity contribution in [1.82, 2.24) is 0 Å². The predicted octanol–water partition coefficient (Wildman–Crippen LogP) is 3.31. The molecule has 2 aromatic carbocycles. The molecule has 0 amide bonds. The van der Waals surface area contributed by atoms with Crippen LogP contribution in [0.2, 0.25) is 0 Å². The second-order valence-electron chi connectivity index (χ2n) is 4.58. The number of aryl methyl sites for hydroxylation is 1. The molecule has 0 saturated carbocycles. The van der Waals surface area contributed by atoms with Gasteiger partial charge in [-0.25, -0.2) is 0 Å². The summed E-state index contributed by atoms with van der Waals surface area (Å²) in [5.41, 5.74) is 2.72. The second kappa shape index (κ2) is 5.57. The first-order chi connectivity index (χ1) is 9.40. The fraction of sp³-hybridized carbons (Fsp3) is 0.125. The second-order valence-corrected chi connectivity index (χ2v) is 4.58. The van der Waals surface area contributed by atoms with Crippen LogP contribution in [-0.4, -0.2) is 7.28 Å². The molecule has 0 spiro atoms. The zero-order chi connectivity index (χ0) is 14.8. The smallest absolute Gasteiger partial charge is 0.166 e. The molecule has 0 aliphatic rings. The van der Waals surface area contributed by atoms with Gasteiger partial charge in [0.1, 0.15) is 0 Å². The van der Waals surface area contributed by atoms with Gasteiger partial charge in [-0.3, -0.25) is 0 Å². The van der Waals surface area contributed by atoms with Gasteiger partial charge in [0.25, 0.3) is 0 Å². The summed E-state index contributed by atoms with van der Waals surface area (Å²) >= 11 is 0. The third-order valence-electron chi connectivity index (χ3n) is 3.09. The van der Waals surface area contributed by atoms with Gasteiger partial charge in [-0.05, 0) is 18.6 Å². The molecule has 2 aromatic rings. The van der Waals surface area contributed by atoms with Crippen LogP contribution in [0.15, 0.2) is 49.0 Å². The zero-order valence-corrected chi connectivity index (χ0v) is 11.0. The molecule has 0 fully saturated rings. The van der Waals surface area contributed by atoms with E-state index in [-0.39, 0.29) is 0 Å². The van der Waals surface area contributed by atoms with E-state index in [1.54, 1.807) is 13.0 Å². The first-order valence-electron chi connectivity index (χ1n) is 6.15. The first-order valence-corrected chi connectivity index (χ1v) is 6.15. The van der Waals surface area contributed by atoms with E-state index in [4.69, 9.17) is 0 Å². The van der Waals surface area contributed by atoms with E-state index in [1.807, 2.05) is 31.5 Å². The molecule has 0 saturated heterocycles. The molecule has 0 atom stereocenters. The van der Waals surface area contributed by atoms with Crippen LogP contribution in [0.5, 0.6) is 0 Å². The quantitative estimate of drug-likeness (QED) is 0.752. The van der Waals surface area contributed by atoms with Crippen LogP contribution in [0, 0.1) is 6.92 Å². The van der Waals surface area contributed by atoms with Crippen LogP contribution in [-0.2, 0) is 6.18 Å². The Morgan fingerprint density at radius 3 is 2.20 bits per heavy atom. The Morgan fingerprint density at radius 2 is 1.70 bits per heavy atom. The van der Waals surface area contributed by atoms with Gasteiger partial charge in [0.15, 0.2) is 7.28 Å².